The second-order valence-corrected chi connectivity index (χ2v) is 6.34. The number of rotatable bonds is 5. The molecule has 0 amide bonds. The van der Waals surface area contributed by atoms with Gasteiger partial charge < -0.3 is 14.4 Å². The van der Waals surface area contributed by atoms with E-state index >= 15 is 0 Å². The van der Waals surface area contributed by atoms with Crippen molar-refractivity contribution < 1.29 is 23.9 Å². The number of benzene rings is 2. The summed E-state index contributed by atoms with van der Waals surface area (Å²) in [6.45, 7) is 0.194. The van der Waals surface area contributed by atoms with E-state index in [0.717, 1.165) is 5.69 Å². The molecule has 27 heavy (non-hydrogen) atoms. The number of Topliss-reactive ketones (excluding diaryl/α,β-unsaturated/α-hetero) is 1. The highest BCUT2D eigenvalue weighted by Crippen LogP contribution is 2.37. The molecular weight excluding hydrogens is 346 g/mol. The zero-order valence-corrected chi connectivity index (χ0v) is 15.2. The van der Waals surface area contributed by atoms with E-state index < -0.39 is 29.8 Å². The quantitative estimate of drug-likeness (QED) is 0.597. The zero-order valence-electron chi connectivity index (χ0n) is 15.2. The number of methoxy groups -OCH3 is 2. The van der Waals surface area contributed by atoms with Gasteiger partial charge in [-0.25, -0.2) is 0 Å². The highest BCUT2D eigenvalue weighted by molar-refractivity contribution is 6.06. The van der Waals surface area contributed by atoms with Crippen molar-refractivity contribution >= 4 is 23.4 Å². The molecule has 1 fully saturated rings. The first kappa shape index (κ1) is 18.6. The van der Waals surface area contributed by atoms with Crippen LogP contribution in [0.2, 0.25) is 0 Å². The molecule has 140 valence electrons. The molecule has 2 aromatic carbocycles. The molecule has 0 N–H and O–H groups in total. The van der Waals surface area contributed by atoms with Crippen LogP contribution in [-0.4, -0.2) is 44.5 Å². The zero-order chi connectivity index (χ0) is 19.4. The second-order valence-electron chi connectivity index (χ2n) is 6.34. The van der Waals surface area contributed by atoms with Gasteiger partial charge in [0.05, 0.1) is 26.1 Å². The average Bonchev–Trinajstić information content (AvgIpc) is 3.14. The third-order valence-corrected chi connectivity index (χ3v) is 4.89. The number of hydrogen-bond donors (Lipinski definition) is 0. The van der Waals surface area contributed by atoms with Gasteiger partial charge in [-0.05, 0) is 12.1 Å². The average molecular weight is 367 g/mol. The summed E-state index contributed by atoms with van der Waals surface area (Å²) >= 11 is 0. The molecule has 6 heteroatoms. The Labute approximate surface area is 157 Å². The number of carbonyl (C=O) groups excluding carboxylic acids is 3. The van der Waals surface area contributed by atoms with Gasteiger partial charge in [0, 0.05) is 17.8 Å². The van der Waals surface area contributed by atoms with E-state index in [1.54, 1.807) is 29.2 Å². The molecule has 0 saturated carbocycles. The molecule has 1 aliphatic rings. The number of hydrogen-bond acceptors (Lipinski definition) is 6. The Morgan fingerprint density at radius 2 is 1.41 bits per heavy atom. The lowest BCUT2D eigenvalue weighted by molar-refractivity contribution is -0.155. The van der Waals surface area contributed by atoms with Crippen molar-refractivity contribution in [2.75, 3.05) is 25.7 Å². The maximum Gasteiger partial charge on any atom is 0.312 e. The molecule has 1 saturated heterocycles. The Morgan fingerprint density at radius 1 is 0.852 bits per heavy atom. The standard InChI is InChI=1S/C21H21NO5/c1-26-20(24)16-13-22(15-11-7-4-8-12-15)18(17(16)21(25)27-2)19(23)14-9-5-3-6-10-14/h3-12,16-18H,13H2,1-2H3/t16-,17-,18-/m1/s1. The van der Waals surface area contributed by atoms with Crippen LogP contribution >= 0.6 is 0 Å². The second kappa shape index (κ2) is 8.03. The van der Waals surface area contributed by atoms with Gasteiger partial charge in [0.2, 0.25) is 0 Å². The lowest BCUT2D eigenvalue weighted by atomic mass is 9.86. The van der Waals surface area contributed by atoms with Crippen LogP contribution in [0, 0.1) is 11.8 Å². The Hall–Kier alpha value is -3.15. The van der Waals surface area contributed by atoms with E-state index in [0.29, 0.717) is 5.56 Å². The van der Waals surface area contributed by atoms with E-state index in [-0.39, 0.29) is 12.3 Å². The van der Waals surface area contributed by atoms with Crippen LogP contribution in [0.4, 0.5) is 5.69 Å². The van der Waals surface area contributed by atoms with Crippen molar-refractivity contribution in [3.8, 4) is 0 Å². The molecule has 1 aliphatic heterocycles. The first-order valence-electron chi connectivity index (χ1n) is 8.65. The molecule has 6 nitrogen and oxygen atoms in total. The summed E-state index contributed by atoms with van der Waals surface area (Å²) in [5.41, 5.74) is 1.23. The SMILES string of the molecule is COC(=O)[C@@H]1[C@H](C(=O)OC)CN(c2ccccc2)[C@H]1C(=O)c1ccccc1. The molecule has 1 heterocycles. The van der Waals surface area contributed by atoms with Gasteiger partial charge >= 0.3 is 11.9 Å². The van der Waals surface area contributed by atoms with Gasteiger partial charge in [-0.3, -0.25) is 14.4 Å². The smallest absolute Gasteiger partial charge is 0.312 e. The summed E-state index contributed by atoms with van der Waals surface area (Å²) in [5, 5.41) is 0. The van der Waals surface area contributed by atoms with Crippen LogP contribution < -0.4 is 4.90 Å². The molecule has 0 radical (unpaired) electrons. The van der Waals surface area contributed by atoms with E-state index in [4.69, 9.17) is 9.47 Å². The topological polar surface area (TPSA) is 72.9 Å². The van der Waals surface area contributed by atoms with Crippen LogP contribution in [0.25, 0.3) is 0 Å². The lowest BCUT2D eigenvalue weighted by Crippen LogP contribution is -2.43. The molecule has 0 aliphatic carbocycles. The van der Waals surface area contributed by atoms with E-state index in [1.807, 2.05) is 36.4 Å². The fourth-order valence-electron chi connectivity index (χ4n) is 3.62. The van der Waals surface area contributed by atoms with Crippen LogP contribution in [0.3, 0.4) is 0 Å². The van der Waals surface area contributed by atoms with Crippen LogP contribution in [0.15, 0.2) is 60.7 Å². The van der Waals surface area contributed by atoms with Crippen molar-refractivity contribution in [2.45, 2.75) is 6.04 Å². The number of ether oxygens (including phenoxy) is 2. The summed E-state index contributed by atoms with van der Waals surface area (Å²) in [6.07, 6.45) is 0. The normalized spacial score (nSPS) is 21.6. The number of anilines is 1. The van der Waals surface area contributed by atoms with Crippen molar-refractivity contribution in [3.63, 3.8) is 0 Å². The molecule has 3 rings (SSSR count). The molecule has 2 aromatic rings. The van der Waals surface area contributed by atoms with Gasteiger partial charge in [-0.15, -0.1) is 0 Å². The maximum atomic E-state index is 13.3. The third-order valence-electron chi connectivity index (χ3n) is 4.89. The molecule has 0 unspecified atom stereocenters. The number of esters is 2. The third kappa shape index (κ3) is 3.56. The minimum atomic E-state index is -0.949. The van der Waals surface area contributed by atoms with Crippen molar-refractivity contribution in [1.29, 1.82) is 0 Å². The first-order chi connectivity index (χ1) is 13.1. The van der Waals surface area contributed by atoms with Gasteiger partial charge in [-0.1, -0.05) is 48.5 Å². The van der Waals surface area contributed by atoms with Crippen molar-refractivity contribution in [1.82, 2.24) is 0 Å². The number of nitrogens with zero attached hydrogens (tertiary/aromatic N) is 1. The minimum Gasteiger partial charge on any atom is -0.469 e. The summed E-state index contributed by atoms with van der Waals surface area (Å²) < 4.78 is 9.83. The van der Waals surface area contributed by atoms with Crippen molar-refractivity contribution in [2.24, 2.45) is 11.8 Å². The maximum absolute atomic E-state index is 13.3. The fraction of sp³-hybridized carbons (Fsp3) is 0.286. The predicted molar refractivity (Wildman–Crippen MR) is 99.4 cm³/mol. The summed E-state index contributed by atoms with van der Waals surface area (Å²) in [5.74, 6) is -3.11. The van der Waals surface area contributed by atoms with Crippen molar-refractivity contribution in [3.05, 3.63) is 66.2 Å². The Balaban J connectivity index is 2.09. The van der Waals surface area contributed by atoms with Gasteiger partial charge in [0.25, 0.3) is 0 Å². The van der Waals surface area contributed by atoms with E-state index in [1.165, 1.54) is 14.2 Å². The monoisotopic (exact) mass is 367 g/mol. The Kier molecular flexibility index (Phi) is 5.54. The largest absolute Gasteiger partial charge is 0.469 e. The number of para-hydroxylation sites is 1. The summed E-state index contributed by atoms with van der Waals surface area (Å²) in [4.78, 5) is 40.0. The van der Waals surface area contributed by atoms with Crippen LogP contribution in [0.5, 0.6) is 0 Å². The Bertz CT molecular complexity index is 821. The van der Waals surface area contributed by atoms with Gasteiger partial charge in [-0.2, -0.15) is 0 Å². The summed E-state index contributed by atoms with van der Waals surface area (Å²) in [6, 6.07) is 17.1. The summed E-state index contributed by atoms with van der Waals surface area (Å²) in [7, 11) is 2.53. The Morgan fingerprint density at radius 3 is 1.96 bits per heavy atom. The number of ketones is 1. The molecule has 3 atom stereocenters. The highest BCUT2D eigenvalue weighted by atomic mass is 16.5. The van der Waals surface area contributed by atoms with E-state index in [9.17, 15) is 14.4 Å². The lowest BCUT2D eigenvalue weighted by Gasteiger charge is -2.28. The molecule has 0 aromatic heterocycles. The highest BCUT2D eigenvalue weighted by Gasteiger charge is 2.53. The van der Waals surface area contributed by atoms with Gasteiger partial charge in [0.15, 0.2) is 5.78 Å². The first-order valence-corrected chi connectivity index (χ1v) is 8.65. The predicted octanol–water partition coefficient (Wildman–Crippen LogP) is 2.34. The van der Waals surface area contributed by atoms with Crippen LogP contribution in [-0.2, 0) is 19.1 Å². The molecule has 0 bridgehead atoms. The molecule has 0 spiro atoms. The number of carbonyl (C=O) groups is 3. The minimum absolute atomic E-state index is 0.194. The fourth-order valence-corrected chi connectivity index (χ4v) is 3.62. The van der Waals surface area contributed by atoms with E-state index in [2.05, 4.69) is 0 Å². The molecular formula is C21H21NO5. The van der Waals surface area contributed by atoms with Gasteiger partial charge in [0.1, 0.15) is 6.04 Å². The van der Waals surface area contributed by atoms with Crippen LogP contribution in [0.1, 0.15) is 10.4 Å².